The number of nitrogens with one attached hydrogen (secondary N) is 1. The summed E-state index contributed by atoms with van der Waals surface area (Å²) in [4.78, 5) is 5.80. The predicted octanol–water partition coefficient (Wildman–Crippen LogP) is 2.28. The molecule has 0 amide bonds. The molecular weight excluding hydrogens is 220 g/mol. The molecule has 4 heteroatoms. The second-order valence-corrected chi connectivity index (χ2v) is 5.74. The van der Waals surface area contributed by atoms with Gasteiger partial charge in [0.25, 0.3) is 0 Å². The van der Waals surface area contributed by atoms with Gasteiger partial charge < -0.3 is 10.1 Å². The molecule has 90 valence electrons. The lowest BCUT2D eigenvalue weighted by Gasteiger charge is -2.22. The van der Waals surface area contributed by atoms with Gasteiger partial charge >= 0.3 is 0 Å². The molecule has 1 aliphatic rings. The Kier molecular flexibility index (Phi) is 4.32. The maximum absolute atomic E-state index is 5.46. The summed E-state index contributed by atoms with van der Waals surface area (Å²) in [7, 11) is 0. The van der Waals surface area contributed by atoms with Crippen molar-refractivity contribution >= 4 is 11.3 Å². The van der Waals surface area contributed by atoms with Crippen LogP contribution in [0.15, 0.2) is 0 Å². The standard InChI is InChI=1S/C12H20N2OS/c1-9-12(16-10(2)14-9)7-13-6-11-4-3-5-15-8-11/h11,13H,3-8H2,1-2H3. The van der Waals surface area contributed by atoms with E-state index >= 15 is 0 Å². The number of thiazole rings is 1. The van der Waals surface area contributed by atoms with E-state index in [0.717, 1.165) is 31.3 Å². The summed E-state index contributed by atoms with van der Waals surface area (Å²) in [6, 6.07) is 0. The molecule has 0 aliphatic carbocycles. The first-order valence-corrected chi connectivity index (χ1v) is 6.78. The first-order chi connectivity index (χ1) is 7.75. The first-order valence-electron chi connectivity index (χ1n) is 5.97. The topological polar surface area (TPSA) is 34.2 Å². The van der Waals surface area contributed by atoms with Gasteiger partial charge in [0.05, 0.1) is 17.3 Å². The monoisotopic (exact) mass is 240 g/mol. The molecule has 3 nitrogen and oxygen atoms in total. The van der Waals surface area contributed by atoms with Crippen molar-refractivity contribution in [2.24, 2.45) is 5.92 Å². The Balaban J connectivity index is 1.73. The maximum atomic E-state index is 5.46. The van der Waals surface area contributed by atoms with Crippen LogP contribution in [-0.2, 0) is 11.3 Å². The average molecular weight is 240 g/mol. The van der Waals surface area contributed by atoms with E-state index in [0.29, 0.717) is 5.92 Å². The van der Waals surface area contributed by atoms with Gasteiger partial charge in [0.1, 0.15) is 0 Å². The van der Waals surface area contributed by atoms with Crippen molar-refractivity contribution in [1.82, 2.24) is 10.3 Å². The van der Waals surface area contributed by atoms with E-state index in [9.17, 15) is 0 Å². The van der Waals surface area contributed by atoms with Crippen molar-refractivity contribution in [3.63, 3.8) is 0 Å². The van der Waals surface area contributed by atoms with E-state index < -0.39 is 0 Å². The molecule has 0 aromatic carbocycles. The number of hydrogen-bond donors (Lipinski definition) is 1. The van der Waals surface area contributed by atoms with E-state index in [4.69, 9.17) is 4.74 Å². The van der Waals surface area contributed by atoms with Crippen molar-refractivity contribution in [2.45, 2.75) is 33.2 Å². The van der Waals surface area contributed by atoms with E-state index in [2.05, 4.69) is 24.1 Å². The summed E-state index contributed by atoms with van der Waals surface area (Å²) >= 11 is 1.80. The van der Waals surface area contributed by atoms with Gasteiger partial charge in [-0.15, -0.1) is 11.3 Å². The van der Waals surface area contributed by atoms with Crippen LogP contribution >= 0.6 is 11.3 Å². The van der Waals surface area contributed by atoms with Gasteiger partial charge in [0.15, 0.2) is 0 Å². The first kappa shape index (κ1) is 12.0. The Labute approximate surface area is 101 Å². The summed E-state index contributed by atoms with van der Waals surface area (Å²) in [5.41, 5.74) is 1.18. The molecule has 0 bridgehead atoms. The van der Waals surface area contributed by atoms with Crippen molar-refractivity contribution in [3.05, 3.63) is 15.6 Å². The van der Waals surface area contributed by atoms with Crippen LogP contribution < -0.4 is 5.32 Å². The molecule has 16 heavy (non-hydrogen) atoms. The fraction of sp³-hybridized carbons (Fsp3) is 0.750. The number of nitrogens with zero attached hydrogens (tertiary/aromatic N) is 1. The summed E-state index contributed by atoms with van der Waals surface area (Å²) in [6.07, 6.45) is 2.51. The molecule has 1 saturated heterocycles. The summed E-state index contributed by atoms with van der Waals surface area (Å²) in [5.74, 6) is 0.697. The number of aromatic nitrogens is 1. The lowest BCUT2D eigenvalue weighted by Crippen LogP contribution is -2.28. The van der Waals surface area contributed by atoms with Crippen molar-refractivity contribution < 1.29 is 4.74 Å². The molecule has 0 saturated carbocycles. The Morgan fingerprint density at radius 2 is 2.38 bits per heavy atom. The Hall–Kier alpha value is -0.450. The third kappa shape index (κ3) is 3.27. The van der Waals surface area contributed by atoms with Crippen molar-refractivity contribution in [3.8, 4) is 0 Å². The molecular formula is C12H20N2OS. The second-order valence-electron chi connectivity index (χ2n) is 4.46. The van der Waals surface area contributed by atoms with Crippen LogP contribution in [0.1, 0.15) is 28.4 Å². The van der Waals surface area contributed by atoms with Crippen LogP contribution in [0.3, 0.4) is 0 Å². The lowest BCUT2D eigenvalue weighted by molar-refractivity contribution is 0.0548. The van der Waals surface area contributed by atoms with Gasteiger partial charge in [0.2, 0.25) is 0 Å². The van der Waals surface area contributed by atoms with Gasteiger partial charge in [-0.3, -0.25) is 0 Å². The zero-order valence-corrected chi connectivity index (χ0v) is 10.9. The highest BCUT2D eigenvalue weighted by atomic mass is 32.1. The minimum Gasteiger partial charge on any atom is -0.381 e. The highest BCUT2D eigenvalue weighted by Gasteiger charge is 2.13. The Morgan fingerprint density at radius 1 is 1.50 bits per heavy atom. The van der Waals surface area contributed by atoms with Crippen LogP contribution in [0, 0.1) is 19.8 Å². The predicted molar refractivity (Wildman–Crippen MR) is 66.8 cm³/mol. The molecule has 2 rings (SSSR count). The molecule has 1 atom stereocenters. The average Bonchev–Trinajstić information content (AvgIpc) is 2.59. The minimum atomic E-state index is 0.697. The van der Waals surface area contributed by atoms with Crippen LogP contribution in [-0.4, -0.2) is 24.7 Å². The molecule has 1 aliphatic heterocycles. The number of hydrogen-bond acceptors (Lipinski definition) is 4. The number of aryl methyl sites for hydroxylation is 2. The second kappa shape index (κ2) is 5.75. The summed E-state index contributed by atoms with van der Waals surface area (Å²) in [6.45, 7) is 8.04. The van der Waals surface area contributed by atoms with Crippen molar-refractivity contribution in [1.29, 1.82) is 0 Å². The Bertz CT molecular complexity index is 332. The fourth-order valence-corrected chi connectivity index (χ4v) is 3.00. The van der Waals surface area contributed by atoms with Gasteiger partial charge in [0, 0.05) is 24.6 Å². The van der Waals surface area contributed by atoms with Crippen LogP contribution in [0.25, 0.3) is 0 Å². The third-order valence-corrected chi connectivity index (χ3v) is 4.05. The molecule has 1 aromatic heterocycles. The van der Waals surface area contributed by atoms with E-state index in [-0.39, 0.29) is 0 Å². The number of ether oxygens (including phenoxy) is 1. The zero-order chi connectivity index (χ0) is 11.4. The van der Waals surface area contributed by atoms with Gasteiger partial charge in [-0.25, -0.2) is 4.98 Å². The SMILES string of the molecule is Cc1nc(C)c(CNCC2CCCOC2)s1. The third-order valence-electron chi connectivity index (χ3n) is 2.97. The molecule has 1 N–H and O–H groups in total. The van der Waals surface area contributed by atoms with E-state index in [1.165, 1.54) is 23.4 Å². The van der Waals surface area contributed by atoms with E-state index in [1.807, 2.05) is 0 Å². The van der Waals surface area contributed by atoms with Gasteiger partial charge in [-0.05, 0) is 32.6 Å². The molecule has 1 aromatic rings. The Morgan fingerprint density at radius 3 is 3.00 bits per heavy atom. The number of rotatable bonds is 4. The highest BCUT2D eigenvalue weighted by Crippen LogP contribution is 2.17. The maximum Gasteiger partial charge on any atom is 0.0900 e. The minimum absolute atomic E-state index is 0.697. The van der Waals surface area contributed by atoms with Crippen LogP contribution in [0.5, 0.6) is 0 Å². The fourth-order valence-electron chi connectivity index (χ4n) is 2.10. The largest absolute Gasteiger partial charge is 0.381 e. The van der Waals surface area contributed by atoms with E-state index in [1.54, 1.807) is 11.3 Å². The van der Waals surface area contributed by atoms with Crippen molar-refractivity contribution in [2.75, 3.05) is 19.8 Å². The smallest absolute Gasteiger partial charge is 0.0900 e. The van der Waals surface area contributed by atoms with Gasteiger partial charge in [-0.1, -0.05) is 0 Å². The normalized spacial score (nSPS) is 21.2. The molecule has 0 spiro atoms. The summed E-state index contributed by atoms with van der Waals surface area (Å²) in [5, 5.41) is 4.68. The van der Waals surface area contributed by atoms with Gasteiger partial charge in [-0.2, -0.15) is 0 Å². The zero-order valence-electron chi connectivity index (χ0n) is 10.1. The quantitative estimate of drug-likeness (QED) is 0.876. The lowest BCUT2D eigenvalue weighted by atomic mass is 10.0. The molecule has 0 radical (unpaired) electrons. The molecule has 1 unspecified atom stereocenters. The molecule has 1 fully saturated rings. The summed E-state index contributed by atoms with van der Waals surface area (Å²) < 4.78 is 5.46. The van der Waals surface area contributed by atoms with Crippen LogP contribution in [0.4, 0.5) is 0 Å². The van der Waals surface area contributed by atoms with Crippen LogP contribution in [0.2, 0.25) is 0 Å². The highest BCUT2D eigenvalue weighted by molar-refractivity contribution is 7.11. The molecule has 2 heterocycles.